The Morgan fingerprint density at radius 2 is 1.79 bits per heavy atom. The number of urea groups is 1. The highest BCUT2D eigenvalue weighted by Crippen LogP contribution is 2.38. The van der Waals surface area contributed by atoms with E-state index in [1.807, 2.05) is 24.3 Å². The average molecular weight is 400 g/mol. The Kier molecular flexibility index (Phi) is 4.86. The van der Waals surface area contributed by atoms with Gasteiger partial charge in [-0.25, -0.2) is 14.2 Å². The Bertz CT molecular complexity index is 1090. The lowest BCUT2D eigenvalue weighted by Crippen LogP contribution is -2.27. The molecule has 146 valence electrons. The molecule has 0 unspecified atom stereocenters. The molecule has 0 saturated heterocycles. The minimum atomic E-state index is -0.816. The van der Waals surface area contributed by atoms with Crippen molar-refractivity contribution in [1.29, 1.82) is 0 Å². The number of amides is 3. The van der Waals surface area contributed by atoms with Gasteiger partial charge in [-0.2, -0.15) is 0 Å². The van der Waals surface area contributed by atoms with E-state index in [1.165, 1.54) is 10.6 Å². The lowest BCUT2D eigenvalue weighted by molar-refractivity contribution is 0.0547. The highest BCUT2D eigenvalue weighted by Gasteiger charge is 2.25. The lowest BCUT2D eigenvalue weighted by Gasteiger charge is -2.20. The zero-order valence-corrected chi connectivity index (χ0v) is 16.4. The van der Waals surface area contributed by atoms with Crippen molar-refractivity contribution in [1.82, 2.24) is 4.57 Å². The number of thiophene rings is 1. The van der Waals surface area contributed by atoms with Gasteiger partial charge in [0.2, 0.25) is 0 Å². The van der Waals surface area contributed by atoms with Crippen LogP contribution in [-0.2, 0) is 4.74 Å². The van der Waals surface area contributed by atoms with Gasteiger partial charge in [-0.15, -0.1) is 11.3 Å². The second kappa shape index (κ2) is 7.01. The first-order valence-electron chi connectivity index (χ1n) is 8.41. The molecular formula is C19H20N4O4S. The normalized spacial score (nSPS) is 11.4. The number of aromatic nitrogens is 1. The fourth-order valence-electron chi connectivity index (χ4n) is 2.75. The number of nitrogens with zero attached hydrogens (tertiary/aromatic N) is 1. The molecule has 9 heteroatoms. The van der Waals surface area contributed by atoms with Crippen molar-refractivity contribution < 1.29 is 19.1 Å². The molecule has 3 aromatic rings. The number of carbonyl (C=O) groups excluding carboxylic acids is 3. The van der Waals surface area contributed by atoms with Crippen molar-refractivity contribution in [3.63, 3.8) is 0 Å². The molecule has 2 aromatic heterocycles. The number of ether oxygens (including phenoxy) is 1. The van der Waals surface area contributed by atoms with Crippen LogP contribution in [0, 0.1) is 0 Å². The lowest BCUT2D eigenvalue weighted by atomic mass is 10.2. The molecular weight excluding hydrogens is 380 g/mol. The van der Waals surface area contributed by atoms with E-state index in [9.17, 15) is 14.4 Å². The molecule has 0 spiro atoms. The van der Waals surface area contributed by atoms with E-state index in [0.717, 1.165) is 16.7 Å². The first kappa shape index (κ1) is 19.4. The zero-order chi connectivity index (χ0) is 20.6. The standard InChI is InChI=1S/C19H20N4O4S/c1-19(2,3)27-18(26)23-12-7-5-4-6-10(12)8-13(23)14-9-11(15(20)24)16(28-14)22-17(21)25/h4-9H,1-3H3,(H2,20,24)(H3,21,22,25). The molecule has 8 nitrogen and oxygen atoms in total. The van der Waals surface area contributed by atoms with Gasteiger partial charge in [0.15, 0.2) is 0 Å². The van der Waals surface area contributed by atoms with Crippen LogP contribution in [0.5, 0.6) is 0 Å². The molecule has 0 aliphatic rings. The van der Waals surface area contributed by atoms with Gasteiger partial charge in [-0.3, -0.25) is 10.1 Å². The van der Waals surface area contributed by atoms with Crippen molar-refractivity contribution in [3.8, 4) is 10.6 Å². The van der Waals surface area contributed by atoms with Gasteiger partial charge in [0.1, 0.15) is 10.6 Å². The number of para-hydroxylation sites is 1. The molecule has 2 heterocycles. The molecule has 0 radical (unpaired) electrons. The number of hydrogen-bond donors (Lipinski definition) is 3. The largest absolute Gasteiger partial charge is 0.443 e. The number of primary amides is 2. The summed E-state index contributed by atoms with van der Waals surface area (Å²) in [5.41, 5.74) is 11.2. The minimum Gasteiger partial charge on any atom is -0.443 e. The monoisotopic (exact) mass is 400 g/mol. The maximum atomic E-state index is 12.9. The Labute approximate surface area is 165 Å². The van der Waals surface area contributed by atoms with Crippen LogP contribution >= 0.6 is 11.3 Å². The van der Waals surface area contributed by atoms with Crippen LogP contribution < -0.4 is 16.8 Å². The Morgan fingerprint density at radius 3 is 2.39 bits per heavy atom. The van der Waals surface area contributed by atoms with Gasteiger partial charge < -0.3 is 16.2 Å². The van der Waals surface area contributed by atoms with E-state index in [2.05, 4.69) is 5.32 Å². The first-order chi connectivity index (χ1) is 13.1. The van der Waals surface area contributed by atoms with Crippen LogP contribution in [0.25, 0.3) is 21.5 Å². The van der Waals surface area contributed by atoms with Crippen molar-refractivity contribution >= 4 is 45.3 Å². The molecule has 28 heavy (non-hydrogen) atoms. The van der Waals surface area contributed by atoms with Gasteiger partial charge in [0.05, 0.1) is 21.7 Å². The van der Waals surface area contributed by atoms with Crippen LogP contribution in [0.1, 0.15) is 31.1 Å². The van der Waals surface area contributed by atoms with Gasteiger partial charge in [0.25, 0.3) is 5.91 Å². The predicted molar refractivity (Wildman–Crippen MR) is 109 cm³/mol. The fraction of sp³-hybridized carbons (Fsp3) is 0.211. The summed E-state index contributed by atoms with van der Waals surface area (Å²) in [6, 6.07) is 9.85. The van der Waals surface area contributed by atoms with Gasteiger partial charge in [-0.1, -0.05) is 18.2 Å². The Hall–Kier alpha value is -3.33. The molecule has 5 N–H and O–H groups in total. The number of anilines is 1. The van der Waals surface area contributed by atoms with E-state index in [1.54, 1.807) is 26.8 Å². The van der Waals surface area contributed by atoms with Crippen LogP contribution in [0.4, 0.5) is 14.6 Å². The second-order valence-electron chi connectivity index (χ2n) is 7.11. The number of hydrogen-bond acceptors (Lipinski definition) is 5. The highest BCUT2D eigenvalue weighted by atomic mass is 32.1. The molecule has 1 aromatic carbocycles. The summed E-state index contributed by atoms with van der Waals surface area (Å²) >= 11 is 1.09. The smallest absolute Gasteiger partial charge is 0.419 e. The van der Waals surface area contributed by atoms with E-state index in [0.29, 0.717) is 16.1 Å². The molecule has 3 rings (SSSR count). The van der Waals surface area contributed by atoms with Crippen molar-refractivity contribution in [2.24, 2.45) is 11.5 Å². The molecule has 0 aliphatic carbocycles. The van der Waals surface area contributed by atoms with E-state index in [4.69, 9.17) is 16.2 Å². The fourth-order valence-corrected chi connectivity index (χ4v) is 3.82. The zero-order valence-electron chi connectivity index (χ0n) is 15.6. The minimum absolute atomic E-state index is 0.111. The van der Waals surface area contributed by atoms with Gasteiger partial charge in [0, 0.05) is 5.39 Å². The predicted octanol–water partition coefficient (Wildman–Crippen LogP) is 3.74. The van der Waals surface area contributed by atoms with Crippen LogP contribution in [0.15, 0.2) is 36.4 Å². The molecule has 0 aliphatic heterocycles. The van der Waals surface area contributed by atoms with Gasteiger partial charge >= 0.3 is 12.1 Å². The van der Waals surface area contributed by atoms with E-state index < -0.39 is 23.6 Å². The second-order valence-corrected chi connectivity index (χ2v) is 8.16. The van der Waals surface area contributed by atoms with Crippen molar-refractivity contribution in [2.75, 3.05) is 5.32 Å². The average Bonchev–Trinajstić information content (AvgIpc) is 3.13. The number of carbonyl (C=O) groups is 3. The van der Waals surface area contributed by atoms with Crippen molar-refractivity contribution in [2.45, 2.75) is 26.4 Å². The quantitative estimate of drug-likeness (QED) is 0.618. The summed E-state index contributed by atoms with van der Waals surface area (Å²) in [6.45, 7) is 5.34. The number of nitrogens with two attached hydrogens (primary N) is 2. The number of nitrogens with one attached hydrogen (secondary N) is 1. The molecule has 0 atom stereocenters. The maximum Gasteiger partial charge on any atom is 0.419 e. The Morgan fingerprint density at radius 1 is 1.11 bits per heavy atom. The topological polar surface area (TPSA) is 129 Å². The molecule has 3 amide bonds. The first-order valence-corrected chi connectivity index (χ1v) is 9.23. The van der Waals surface area contributed by atoms with Crippen LogP contribution in [0.3, 0.4) is 0 Å². The summed E-state index contributed by atoms with van der Waals surface area (Å²) in [5, 5.41) is 3.44. The number of benzene rings is 1. The third-order valence-corrected chi connectivity index (χ3v) is 4.85. The summed E-state index contributed by atoms with van der Waals surface area (Å²) in [7, 11) is 0. The van der Waals surface area contributed by atoms with Gasteiger partial charge in [-0.05, 0) is 39.0 Å². The molecule has 0 saturated carbocycles. The number of rotatable bonds is 3. The van der Waals surface area contributed by atoms with E-state index >= 15 is 0 Å². The van der Waals surface area contributed by atoms with Crippen LogP contribution in [0.2, 0.25) is 0 Å². The van der Waals surface area contributed by atoms with E-state index in [-0.39, 0.29) is 10.6 Å². The Balaban J connectivity index is 2.21. The summed E-state index contributed by atoms with van der Waals surface area (Å²) in [6.07, 6.45) is -0.554. The van der Waals surface area contributed by atoms with Crippen LogP contribution in [-0.4, -0.2) is 28.2 Å². The maximum absolute atomic E-state index is 12.9. The number of fused-ring (bicyclic) bond motifs is 1. The third kappa shape index (κ3) is 3.84. The van der Waals surface area contributed by atoms with Crippen molar-refractivity contribution in [3.05, 3.63) is 42.0 Å². The SMILES string of the molecule is CC(C)(C)OC(=O)n1c(-c2cc(C(N)=O)c(NC(N)=O)s2)cc2ccccc21. The third-order valence-electron chi connectivity index (χ3n) is 3.77. The summed E-state index contributed by atoms with van der Waals surface area (Å²) in [4.78, 5) is 36.5. The highest BCUT2D eigenvalue weighted by molar-refractivity contribution is 7.20. The summed E-state index contributed by atoms with van der Waals surface area (Å²) < 4.78 is 6.98. The molecule has 0 fully saturated rings. The molecule has 0 bridgehead atoms. The summed E-state index contributed by atoms with van der Waals surface area (Å²) in [5.74, 6) is -0.717.